The van der Waals surface area contributed by atoms with Crippen LogP contribution in [0.2, 0.25) is 0 Å². The number of aromatic amines is 1. The summed E-state index contributed by atoms with van der Waals surface area (Å²) in [6, 6.07) is 0. The Hall–Kier alpha value is -2.45. The van der Waals surface area contributed by atoms with E-state index >= 15 is 0 Å². The van der Waals surface area contributed by atoms with Crippen LogP contribution in [0, 0.1) is 18.8 Å². The molecule has 1 N–H and O–H groups in total. The third-order valence-corrected chi connectivity index (χ3v) is 5.92. The second kappa shape index (κ2) is 8.70. The minimum Gasteiger partial charge on any atom is -0.342 e. The number of rotatable bonds is 5. The minimum absolute atomic E-state index is 0.00363. The highest BCUT2D eigenvalue weighted by Gasteiger charge is 2.35. The highest BCUT2D eigenvalue weighted by atomic mass is 16.2. The van der Waals surface area contributed by atoms with Crippen LogP contribution in [0.5, 0.6) is 0 Å². The van der Waals surface area contributed by atoms with Gasteiger partial charge in [-0.3, -0.25) is 19.5 Å². The van der Waals surface area contributed by atoms with E-state index in [1.54, 1.807) is 7.05 Å². The first-order valence-electron chi connectivity index (χ1n) is 9.98. The lowest BCUT2D eigenvalue weighted by atomic mass is 9.85. The summed E-state index contributed by atoms with van der Waals surface area (Å²) in [5.41, 5.74) is 0. The molecule has 3 heterocycles. The molecule has 2 aliphatic rings. The van der Waals surface area contributed by atoms with Crippen molar-refractivity contribution in [3.05, 3.63) is 11.6 Å². The Labute approximate surface area is 165 Å². The van der Waals surface area contributed by atoms with Gasteiger partial charge in [-0.15, -0.1) is 0 Å². The van der Waals surface area contributed by atoms with Crippen LogP contribution in [-0.2, 0) is 20.8 Å². The third kappa shape index (κ3) is 4.88. The largest absolute Gasteiger partial charge is 0.342 e. The molecule has 9 nitrogen and oxygen atoms in total. The average Bonchev–Trinajstić information content (AvgIpc) is 3.31. The Balaban J connectivity index is 1.51. The monoisotopic (exact) mass is 390 g/mol. The Morgan fingerprint density at radius 2 is 1.79 bits per heavy atom. The van der Waals surface area contributed by atoms with E-state index in [9.17, 15) is 14.4 Å². The molecule has 9 heteroatoms. The molecule has 0 saturated carbocycles. The van der Waals surface area contributed by atoms with E-state index in [2.05, 4.69) is 15.2 Å². The van der Waals surface area contributed by atoms with Crippen molar-refractivity contribution in [1.82, 2.24) is 29.9 Å². The molecule has 2 saturated heterocycles. The van der Waals surface area contributed by atoms with Crippen LogP contribution in [0.4, 0.5) is 0 Å². The van der Waals surface area contributed by atoms with Crippen molar-refractivity contribution in [3.8, 4) is 0 Å². The maximum atomic E-state index is 12.6. The van der Waals surface area contributed by atoms with E-state index in [0.717, 1.165) is 45.4 Å². The number of hydrogen-bond acceptors (Lipinski definition) is 5. The van der Waals surface area contributed by atoms with Gasteiger partial charge in [-0.25, -0.2) is 4.98 Å². The molecule has 2 aliphatic heterocycles. The molecule has 154 valence electrons. The van der Waals surface area contributed by atoms with Crippen LogP contribution in [0.15, 0.2) is 0 Å². The molecule has 2 fully saturated rings. The summed E-state index contributed by atoms with van der Waals surface area (Å²) in [6.45, 7) is 6.38. The van der Waals surface area contributed by atoms with Gasteiger partial charge in [0.15, 0.2) is 5.82 Å². The molecule has 0 spiro atoms. The number of likely N-dealkylation sites (N-methyl/N-ethyl adjacent to an activating group) is 1. The number of amides is 3. The van der Waals surface area contributed by atoms with Crippen LogP contribution >= 0.6 is 0 Å². The fourth-order valence-corrected chi connectivity index (χ4v) is 4.15. The van der Waals surface area contributed by atoms with Crippen LogP contribution < -0.4 is 0 Å². The number of likely N-dealkylation sites (tertiary alicyclic amines) is 2. The minimum atomic E-state index is -0.105. The van der Waals surface area contributed by atoms with Gasteiger partial charge in [0.1, 0.15) is 5.82 Å². The molecule has 1 aromatic rings. The topological polar surface area (TPSA) is 103 Å². The van der Waals surface area contributed by atoms with Gasteiger partial charge in [0.05, 0.1) is 13.0 Å². The summed E-state index contributed by atoms with van der Waals surface area (Å²) in [7, 11) is 1.65. The van der Waals surface area contributed by atoms with E-state index in [4.69, 9.17) is 0 Å². The first-order valence-corrected chi connectivity index (χ1v) is 9.98. The first-order chi connectivity index (χ1) is 13.3. The Bertz CT molecular complexity index is 733. The van der Waals surface area contributed by atoms with Gasteiger partial charge in [-0.2, -0.15) is 5.10 Å². The lowest BCUT2D eigenvalue weighted by molar-refractivity contribution is -0.137. The molecule has 0 radical (unpaired) electrons. The number of carbonyl (C=O) groups is 3. The second-order valence-corrected chi connectivity index (χ2v) is 8.02. The van der Waals surface area contributed by atoms with Gasteiger partial charge in [-0.1, -0.05) is 0 Å². The Kier molecular flexibility index (Phi) is 6.31. The lowest BCUT2D eigenvalue weighted by Gasteiger charge is -2.35. The summed E-state index contributed by atoms with van der Waals surface area (Å²) < 4.78 is 0. The molecule has 1 aromatic heterocycles. The maximum Gasteiger partial charge on any atom is 0.242 e. The van der Waals surface area contributed by atoms with E-state index in [1.807, 2.05) is 16.7 Å². The van der Waals surface area contributed by atoms with Crippen molar-refractivity contribution in [1.29, 1.82) is 0 Å². The van der Waals surface area contributed by atoms with Crippen LogP contribution in [0.1, 0.15) is 37.8 Å². The third-order valence-electron chi connectivity index (χ3n) is 5.92. The molecule has 3 rings (SSSR count). The van der Waals surface area contributed by atoms with Gasteiger partial charge < -0.3 is 14.7 Å². The van der Waals surface area contributed by atoms with Gasteiger partial charge in [0, 0.05) is 40.2 Å². The summed E-state index contributed by atoms with van der Waals surface area (Å²) in [5, 5.41) is 6.83. The maximum absolute atomic E-state index is 12.6. The molecular weight excluding hydrogens is 360 g/mol. The van der Waals surface area contributed by atoms with Gasteiger partial charge in [-0.05, 0) is 38.0 Å². The molecule has 2 atom stereocenters. The number of carbonyl (C=O) groups excluding carboxylic acids is 3. The highest BCUT2D eigenvalue weighted by Crippen LogP contribution is 2.31. The quantitative estimate of drug-likeness (QED) is 0.775. The van der Waals surface area contributed by atoms with Gasteiger partial charge >= 0.3 is 0 Å². The molecule has 28 heavy (non-hydrogen) atoms. The number of aromatic nitrogens is 3. The van der Waals surface area contributed by atoms with Gasteiger partial charge in [0.2, 0.25) is 17.7 Å². The van der Waals surface area contributed by atoms with Crippen molar-refractivity contribution < 1.29 is 14.4 Å². The normalized spacial score (nSPS) is 22.4. The Morgan fingerprint density at radius 3 is 2.43 bits per heavy atom. The van der Waals surface area contributed by atoms with Crippen LogP contribution in [-0.4, -0.2) is 87.4 Å². The molecular formula is C19H30N6O3. The van der Waals surface area contributed by atoms with Crippen molar-refractivity contribution in [3.63, 3.8) is 0 Å². The fraction of sp³-hybridized carbons (Fsp3) is 0.737. The SMILES string of the molecule is CC(=O)N(C)CC(=O)N1CCC(C2CCCN(C(=O)Cc3n[nH]c(C)n3)C2)C1. The zero-order valence-corrected chi connectivity index (χ0v) is 17.0. The van der Waals surface area contributed by atoms with Crippen LogP contribution in [0.25, 0.3) is 0 Å². The molecule has 0 aliphatic carbocycles. The second-order valence-electron chi connectivity index (χ2n) is 8.02. The average molecular weight is 390 g/mol. The molecule has 2 unspecified atom stereocenters. The standard InChI is InChI=1S/C19H30N6O3/c1-13-20-17(22-21-13)9-18(27)24-7-4-5-15(10-24)16-6-8-25(11-16)19(28)12-23(3)14(2)26/h15-16H,4-12H2,1-3H3,(H,20,21,22). The number of piperidine rings is 1. The van der Waals surface area contributed by atoms with E-state index in [1.165, 1.54) is 11.8 Å². The number of aryl methyl sites for hydroxylation is 1. The van der Waals surface area contributed by atoms with Crippen molar-refractivity contribution in [2.75, 3.05) is 39.8 Å². The number of H-pyrrole nitrogens is 1. The summed E-state index contributed by atoms with van der Waals surface area (Å²) in [4.78, 5) is 45.8. The smallest absolute Gasteiger partial charge is 0.242 e. The highest BCUT2D eigenvalue weighted by molar-refractivity contribution is 5.83. The summed E-state index contributed by atoms with van der Waals surface area (Å²) in [6.07, 6.45) is 3.26. The van der Waals surface area contributed by atoms with Crippen molar-refractivity contribution >= 4 is 17.7 Å². The zero-order valence-electron chi connectivity index (χ0n) is 17.0. The van der Waals surface area contributed by atoms with E-state index < -0.39 is 0 Å². The first kappa shape index (κ1) is 20.3. The summed E-state index contributed by atoms with van der Waals surface area (Å²) >= 11 is 0. The number of nitrogens with one attached hydrogen (secondary N) is 1. The fourth-order valence-electron chi connectivity index (χ4n) is 4.15. The molecule has 3 amide bonds. The molecule has 0 bridgehead atoms. The van der Waals surface area contributed by atoms with Crippen molar-refractivity contribution in [2.45, 2.75) is 39.5 Å². The van der Waals surface area contributed by atoms with Crippen LogP contribution in [0.3, 0.4) is 0 Å². The van der Waals surface area contributed by atoms with Crippen molar-refractivity contribution in [2.24, 2.45) is 11.8 Å². The predicted molar refractivity (Wildman–Crippen MR) is 102 cm³/mol. The Morgan fingerprint density at radius 1 is 1.11 bits per heavy atom. The zero-order chi connectivity index (χ0) is 20.3. The molecule has 0 aromatic carbocycles. The number of nitrogens with zero attached hydrogens (tertiary/aromatic N) is 5. The van der Waals surface area contributed by atoms with Gasteiger partial charge in [0.25, 0.3) is 0 Å². The number of hydrogen-bond donors (Lipinski definition) is 1. The lowest BCUT2D eigenvalue weighted by Crippen LogP contribution is -2.44. The van der Waals surface area contributed by atoms with E-state index in [-0.39, 0.29) is 30.7 Å². The predicted octanol–water partition coefficient (Wildman–Crippen LogP) is 0.221. The summed E-state index contributed by atoms with van der Waals surface area (Å²) in [5.74, 6) is 2.04. The van der Waals surface area contributed by atoms with E-state index in [0.29, 0.717) is 23.5 Å².